The lowest BCUT2D eigenvalue weighted by atomic mass is 10.0. The molecule has 1 aliphatic heterocycles. The van der Waals surface area contributed by atoms with Crippen molar-refractivity contribution in [2.24, 2.45) is 0 Å². The van der Waals surface area contributed by atoms with Gasteiger partial charge < -0.3 is 10.1 Å². The van der Waals surface area contributed by atoms with Crippen molar-refractivity contribution >= 4 is 5.69 Å². The van der Waals surface area contributed by atoms with E-state index >= 15 is 0 Å². The third-order valence-corrected chi connectivity index (χ3v) is 3.56. The third-order valence-electron chi connectivity index (χ3n) is 3.56. The van der Waals surface area contributed by atoms with Crippen molar-refractivity contribution in [3.05, 3.63) is 59.2 Å². The van der Waals surface area contributed by atoms with E-state index in [9.17, 15) is 8.78 Å². The summed E-state index contributed by atoms with van der Waals surface area (Å²) in [4.78, 5) is 0. The van der Waals surface area contributed by atoms with E-state index in [1.165, 1.54) is 12.1 Å². The van der Waals surface area contributed by atoms with E-state index < -0.39 is 11.6 Å². The molecule has 110 valence electrons. The zero-order valence-corrected chi connectivity index (χ0v) is 12.0. The minimum Gasteiger partial charge on any atom is -0.487 e. The molecule has 0 atom stereocenters. The van der Waals surface area contributed by atoms with Crippen LogP contribution in [0.4, 0.5) is 14.5 Å². The summed E-state index contributed by atoms with van der Waals surface area (Å²) in [5.74, 6) is -0.784. The molecule has 3 rings (SSSR count). The van der Waals surface area contributed by atoms with Gasteiger partial charge in [-0.3, -0.25) is 0 Å². The molecule has 1 heterocycles. The molecule has 0 saturated heterocycles. The Morgan fingerprint density at radius 1 is 1.19 bits per heavy atom. The van der Waals surface area contributed by atoms with E-state index in [0.29, 0.717) is 6.54 Å². The molecule has 2 nitrogen and oxygen atoms in total. The van der Waals surface area contributed by atoms with Crippen LogP contribution in [0, 0.1) is 11.6 Å². The molecular formula is C17H17F2NO. The fraction of sp³-hybridized carbons (Fsp3) is 0.294. The highest BCUT2D eigenvalue weighted by molar-refractivity contribution is 5.47. The average molecular weight is 289 g/mol. The van der Waals surface area contributed by atoms with Gasteiger partial charge in [0.1, 0.15) is 11.4 Å². The van der Waals surface area contributed by atoms with Gasteiger partial charge in [-0.15, -0.1) is 0 Å². The lowest BCUT2D eigenvalue weighted by molar-refractivity contribution is 0.138. The molecule has 0 radical (unpaired) electrons. The number of hydrogen-bond acceptors (Lipinski definition) is 2. The van der Waals surface area contributed by atoms with E-state index in [0.717, 1.165) is 29.4 Å². The maximum absolute atomic E-state index is 13.6. The largest absolute Gasteiger partial charge is 0.487 e. The van der Waals surface area contributed by atoms with Gasteiger partial charge in [0.25, 0.3) is 0 Å². The standard InChI is InChI=1S/C17H17F2NO/c1-17(2)9-12-8-11(6-7-15(12)21-17)10-20-14-5-3-4-13(18)16(14)19/h3-8,20H,9-10H2,1-2H3. The van der Waals surface area contributed by atoms with Crippen LogP contribution in [-0.4, -0.2) is 5.60 Å². The number of nitrogens with one attached hydrogen (secondary N) is 1. The summed E-state index contributed by atoms with van der Waals surface area (Å²) >= 11 is 0. The molecule has 0 amide bonds. The molecule has 4 heteroatoms. The third kappa shape index (κ3) is 2.84. The zero-order chi connectivity index (χ0) is 15.0. The van der Waals surface area contributed by atoms with Crippen LogP contribution in [-0.2, 0) is 13.0 Å². The van der Waals surface area contributed by atoms with Crippen molar-refractivity contribution in [3.63, 3.8) is 0 Å². The topological polar surface area (TPSA) is 21.3 Å². The van der Waals surface area contributed by atoms with Gasteiger partial charge in [-0.2, -0.15) is 0 Å². The predicted octanol–water partition coefficient (Wildman–Crippen LogP) is 4.29. The summed E-state index contributed by atoms with van der Waals surface area (Å²) in [5, 5.41) is 2.93. The Balaban J connectivity index is 1.74. The Morgan fingerprint density at radius 3 is 2.81 bits per heavy atom. The zero-order valence-electron chi connectivity index (χ0n) is 12.0. The Kier molecular flexibility index (Phi) is 3.32. The van der Waals surface area contributed by atoms with E-state index in [4.69, 9.17) is 4.74 Å². The summed E-state index contributed by atoms with van der Waals surface area (Å²) in [6, 6.07) is 10.0. The highest BCUT2D eigenvalue weighted by Crippen LogP contribution is 2.35. The number of hydrogen-bond donors (Lipinski definition) is 1. The van der Waals surface area contributed by atoms with Crippen LogP contribution >= 0.6 is 0 Å². The minimum absolute atomic E-state index is 0.173. The van der Waals surface area contributed by atoms with Crippen molar-refractivity contribution < 1.29 is 13.5 Å². The van der Waals surface area contributed by atoms with Gasteiger partial charge in [-0.25, -0.2) is 8.78 Å². The predicted molar refractivity (Wildman–Crippen MR) is 78.5 cm³/mol. The molecule has 2 aromatic carbocycles. The Morgan fingerprint density at radius 2 is 2.00 bits per heavy atom. The van der Waals surface area contributed by atoms with Crippen LogP contribution in [0.25, 0.3) is 0 Å². The van der Waals surface area contributed by atoms with Crippen molar-refractivity contribution in [2.45, 2.75) is 32.4 Å². The molecule has 1 N–H and O–H groups in total. The summed E-state index contributed by atoms with van der Waals surface area (Å²) in [5.41, 5.74) is 2.16. The van der Waals surface area contributed by atoms with Gasteiger partial charge in [-0.1, -0.05) is 18.2 Å². The van der Waals surface area contributed by atoms with Crippen molar-refractivity contribution in [2.75, 3.05) is 5.32 Å². The number of ether oxygens (including phenoxy) is 1. The van der Waals surface area contributed by atoms with Gasteiger partial charge in [0.15, 0.2) is 11.6 Å². The first-order chi connectivity index (χ1) is 9.94. The molecular weight excluding hydrogens is 272 g/mol. The summed E-state index contributed by atoms with van der Waals surface area (Å²) in [6.07, 6.45) is 0.852. The summed E-state index contributed by atoms with van der Waals surface area (Å²) < 4.78 is 32.5. The minimum atomic E-state index is -0.844. The molecule has 1 aliphatic rings. The molecule has 21 heavy (non-hydrogen) atoms. The number of fused-ring (bicyclic) bond motifs is 1. The van der Waals surface area contributed by atoms with Gasteiger partial charge in [-0.05, 0) is 43.2 Å². The van der Waals surface area contributed by atoms with Crippen LogP contribution in [0.5, 0.6) is 5.75 Å². The maximum Gasteiger partial charge on any atom is 0.181 e. The number of halogens is 2. The van der Waals surface area contributed by atoms with E-state index in [1.807, 2.05) is 32.0 Å². The van der Waals surface area contributed by atoms with Crippen LogP contribution in [0.2, 0.25) is 0 Å². The summed E-state index contributed by atoms with van der Waals surface area (Å²) in [7, 11) is 0. The summed E-state index contributed by atoms with van der Waals surface area (Å²) in [6.45, 7) is 4.54. The molecule has 0 fully saturated rings. The van der Waals surface area contributed by atoms with E-state index in [2.05, 4.69) is 5.32 Å². The van der Waals surface area contributed by atoms with Crippen LogP contribution in [0.3, 0.4) is 0 Å². The first-order valence-corrected chi connectivity index (χ1v) is 6.93. The second kappa shape index (κ2) is 5.02. The van der Waals surface area contributed by atoms with Crippen molar-refractivity contribution in [1.82, 2.24) is 0 Å². The molecule has 2 aromatic rings. The Hall–Kier alpha value is -2.10. The quantitative estimate of drug-likeness (QED) is 0.910. The Bertz CT molecular complexity index is 682. The first kappa shape index (κ1) is 13.9. The molecule has 0 spiro atoms. The SMILES string of the molecule is CC1(C)Cc2cc(CNc3cccc(F)c3F)ccc2O1. The highest BCUT2D eigenvalue weighted by Gasteiger charge is 2.29. The smallest absolute Gasteiger partial charge is 0.181 e. The van der Waals surface area contributed by atoms with Gasteiger partial charge >= 0.3 is 0 Å². The Labute approximate surface area is 122 Å². The lowest BCUT2D eigenvalue weighted by Gasteiger charge is -2.16. The van der Waals surface area contributed by atoms with Crippen molar-refractivity contribution in [1.29, 1.82) is 0 Å². The van der Waals surface area contributed by atoms with E-state index in [1.54, 1.807) is 0 Å². The van der Waals surface area contributed by atoms with E-state index in [-0.39, 0.29) is 11.3 Å². The van der Waals surface area contributed by atoms with Gasteiger partial charge in [0.2, 0.25) is 0 Å². The number of rotatable bonds is 3. The molecule has 0 bridgehead atoms. The van der Waals surface area contributed by atoms with Gasteiger partial charge in [0, 0.05) is 13.0 Å². The van der Waals surface area contributed by atoms with Crippen LogP contribution < -0.4 is 10.1 Å². The second-order valence-corrected chi connectivity index (χ2v) is 5.94. The first-order valence-electron chi connectivity index (χ1n) is 6.93. The number of benzene rings is 2. The van der Waals surface area contributed by atoms with Crippen molar-refractivity contribution in [3.8, 4) is 5.75 Å². The normalized spacial score (nSPS) is 15.4. The fourth-order valence-corrected chi connectivity index (χ4v) is 2.61. The van der Waals surface area contributed by atoms with Gasteiger partial charge in [0.05, 0.1) is 5.69 Å². The highest BCUT2D eigenvalue weighted by atomic mass is 19.2. The molecule has 0 unspecified atom stereocenters. The molecule has 0 saturated carbocycles. The fourth-order valence-electron chi connectivity index (χ4n) is 2.61. The lowest BCUT2D eigenvalue weighted by Crippen LogP contribution is -2.24. The molecule has 0 aromatic heterocycles. The monoisotopic (exact) mass is 289 g/mol. The van der Waals surface area contributed by atoms with Crippen LogP contribution in [0.1, 0.15) is 25.0 Å². The maximum atomic E-state index is 13.6. The van der Waals surface area contributed by atoms with Crippen LogP contribution in [0.15, 0.2) is 36.4 Å². The number of anilines is 1. The molecule has 0 aliphatic carbocycles. The average Bonchev–Trinajstić information content (AvgIpc) is 2.73. The second-order valence-electron chi connectivity index (χ2n) is 5.94.